The number of methoxy groups -OCH3 is 1. The standard InChI is InChI=1S/C16H16N2O2/c1-3-12-18(13-8-5-4-6-9-13)16(19)14-10-7-11-15(17-14)20-2/h3-11H,1,12H2,2H3. The number of carbonyl (C=O) groups is 1. The number of aromatic nitrogens is 1. The Morgan fingerprint density at radius 2 is 2.00 bits per heavy atom. The van der Waals surface area contributed by atoms with Crippen molar-refractivity contribution in [3.05, 3.63) is 66.9 Å². The van der Waals surface area contributed by atoms with Gasteiger partial charge in [0, 0.05) is 18.3 Å². The molecule has 0 aliphatic rings. The van der Waals surface area contributed by atoms with Crippen molar-refractivity contribution in [2.75, 3.05) is 18.6 Å². The second-order valence-corrected chi connectivity index (χ2v) is 4.11. The van der Waals surface area contributed by atoms with Gasteiger partial charge in [-0.05, 0) is 18.2 Å². The highest BCUT2D eigenvalue weighted by Gasteiger charge is 2.18. The first-order valence-corrected chi connectivity index (χ1v) is 6.25. The Labute approximate surface area is 118 Å². The van der Waals surface area contributed by atoms with Crippen LogP contribution in [-0.4, -0.2) is 24.5 Å². The molecule has 0 radical (unpaired) electrons. The summed E-state index contributed by atoms with van der Waals surface area (Å²) in [4.78, 5) is 18.4. The second kappa shape index (κ2) is 6.52. The number of carbonyl (C=O) groups excluding carboxylic acids is 1. The van der Waals surface area contributed by atoms with Crippen LogP contribution < -0.4 is 9.64 Å². The predicted molar refractivity (Wildman–Crippen MR) is 79.1 cm³/mol. The summed E-state index contributed by atoms with van der Waals surface area (Å²) in [7, 11) is 1.52. The molecule has 0 spiro atoms. The fourth-order valence-corrected chi connectivity index (χ4v) is 1.83. The van der Waals surface area contributed by atoms with E-state index in [4.69, 9.17) is 4.74 Å². The van der Waals surface area contributed by atoms with Crippen molar-refractivity contribution in [2.24, 2.45) is 0 Å². The SMILES string of the molecule is C=CCN(C(=O)c1cccc(OC)n1)c1ccccc1. The zero-order chi connectivity index (χ0) is 14.4. The molecule has 0 fully saturated rings. The quantitative estimate of drug-likeness (QED) is 0.783. The lowest BCUT2D eigenvalue weighted by Gasteiger charge is -2.20. The van der Waals surface area contributed by atoms with Gasteiger partial charge in [-0.1, -0.05) is 30.3 Å². The Morgan fingerprint density at radius 1 is 1.25 bits per heavy atom. The number of nitrogens with zero attached hydrogens (tertiary/aromatic N) is 2. The Morgan fingerprint density at radius 3 is 2.65 bits per heavy atom. The van der Waals surface area contributed by atoms with Crippen LogP contribution in [0.15, 0.2) is 61.2 Å². The zero-order valence-corrected chi connectivity index (χ0v) is 11.3. The third-order valence-electron chi connectivity index (χ3n) is 2.78. The van der Waals surface area contributed by atoms with Crippen LogP contribution in [-0.2, 0) is 0 Å². The average Bonchev–Trinajstić information content (AvgIpc) is 2.53. The fourth-order valence-electron chi connectivity index (χ4n) is 1.83. The first kappa shape index (κ1) is 13.8. The van der Waals surface area contributed by atoms with E-state index in [1.54, 1.807) is 29.2 Å². The lowest BCUT2D eigenvalue weighted by molar-refractivity contribution is 0.0984. The molecular formula is C16H16N2O2. The molecule has 1 aromatic heterocycles. The van der Waals surface area contributed by atoms with Gasteiger partial charge in [-0.25, -0.2) is 4.98 Å². The molecule has 1 aromatic carbocycles. The van der Waals surface area contributed by atoms with Gasteiger partial charge in [0.05, 0.1) is 7.11 Å². The molecule has 2 aromatic rings. The summed E-state index contributed by atoms with van der Waals surface area (Å²) in [6.45, 7) is 4.12. The molecule has 4 heteroatoms. The predicted octanol–water partition coefficient (Wildman–Crippen LogP) is 2.92. The van der Waals surface area contributed by atoms with Gasteiger partial charge in [0.15, 0.2) is 0 Å². The summed E-state index contributed by atoms with van der Waals surface area (Å²) >= 11 is 0. The molecular weight excluding hydrogens is 252 g/mol. The highest BCUT2D eigenvalue weighted by molar-refractivity contribution is 6.05. The van der Waals surface area contributed by atoms with Gasteiger partial charge in [0.1, 0.15) is 5.69 Å². The minimum atomic E-state index is -0.185. The highest BCUT2D eigenvalue weighted by Crippen LogP contribution is 2.17. The molecule has 0 saturated heterocycles. The molecule has 20 heavy (non-hydrogen) atoms. The smallest absolute Gasteiger partial charge is 0.277 e. The van der Waals surface area contributed by atoms with E-state index < -0.39 is 0 Å². The van der Waals surface area contributed by atoms with Gasteiger partial charge in [-0.2, -0.15) is 0 Å². The van der Waals surface area contributed by atoms with Crippen LogP contribution >= 0.6 is 0 Å². The summed E-state index contributed by atoms with van der Waals surface area (Å²) in [5, 5.41) is 0. The maximum absolute atomic E-state index is 12.6. The first-order valence-electron chi connectivity index (χ1n) is 6.25. The van der Waals surface area contributed by atoms with Crippen molar-refractivity contribution in [1.82, 2.24) is 4.98 Å². The molecule has 0 bridgehead atoms. The fraction of sp³-hybridized carbons (Fsp3) is 0.125. The Hall–Kier alpha value is -2.62. The van der Waals surface area contributed by atoms with E-state index in [1.165, 1.54) is 7.11 Å². The van der Waals surface area contributed by atoms with Gasteiger partial charge < -0.3 is 9.64 Å². The number of pyridine rings is 1. The normalized spacial score (nSPS) is 9.85. The maximum atomic E-state index is 12.6. The van der Waals surface area contributed by atoms with Gasteiger partial charge in [-0.15, -0.1) is 6.58 Å². The summed E-state index contributed by atoms with van der Waals surface area (Å²) in [5.41, 5.74) is 1.15. The van der Waals surface area contributed by atoms with Gasteiger partial charge in [0.25, 0.3) is 5.91 Å². The van der Waals surface area contributed by atoms with E-state index in [1.807, 2.05) is 30.3 Å². The number of benzene rings is 1. The lowest BCUT2D eigenvalue weighted by Crippen LogP contribution is -2.31. The van der Waals surface area contributed by atoms with Crippen molar-refractivity contribution in [1.29, 1.82) is 0 Å². The number of amides is 1. The summed E-state index contributed by atoms with van der Waals surface area (Å²) in [6, 6.07) is 14.6. The Bertz CT molecular complexity index is 596. The van der Waals surface area contributed by atoms with Crippen LogP contribution in [0, 0.1) is 0 Å². The van der Waals surface area contributed by atoms with Crippen molar-refractivity contribution < 1.29 is 9.53 Å². The maximum Gasteiger partial charge on any atom is 0.277 e. The van der Waals surface area contributed by atoms with Crippen LogP contribution in [0.25, 0.3) is 0 Å². The number of rotatable bonds is 5. The van der Waals surface area contributed by atoms with E-state index >= 15 is 0 Å². The summed E-state index contributed by atoms with van der Waals surface area (Å²) in [5.74, 6) is 0.234. The van der Waals surface area contributed by atoms with Crippen LogP contribution in [0.2, 0.25) is 0 Å². The van der Waals surface area contributed by atoms with E-state index in [0.29, 0.717) is 18.1 Å². The molecule has 0 atom stereocenters. The Kier molecular flexibility index (Phi) is 4.50. The molecule has 1 heterocycles. The topological polar surface area (TPSA) is 42.4 Å². The average molecular weight is 268 g/mol. The molecule has 2 rings (SSSR count). The Balaban J connectivity index is 2.33. The molecule has 0 N–H and O–H groups in total. The number of para-hydroxylation sites is 1. The van der Waals surface area contributed by atoms with Crippen LogP contribution in [0.5, 0.6) is 5.88 Å². The van der Waals surface area contributed by atoms with Crippen molar-refractivity contribution in [2.45, 2.75) is 0 Å². The van der Waals surface area contributed by atoms with Crippen molar-refractivity contribution >= 4 is 11.6 Å². The number of anilines is 1. The van der Waals surface area contributed by atoms with E-state index in [0.717, 1.165) is 5.69 Å². The minimum Gasteiger partial charge on any atom is -0.481 e. The van der Waals surface area contributed by atoms with Gasteiger partial charge in [-0.3, -0.25) is 4.79 Å². The third kappa shape index (κ3) is 3.03. The summed E-state index contributed by atoms with van der Waals surface area (Å²) in [6.07, 6.45) is 1.69. The molecule has 4 nitrogen and oxygen atoms in total. The molecule has 0 aliphatic carbocycles. The minimum absolute atomic E-state index is 0.185. The number of ether oxygens (including phenoxy) is 1. The van der Waals surface area contributed by atoms with E-state index in [9.17, 15) is 4.79 Å². The molecule has 0 saturated carbocycles. The largest absolute Gasteiger partial charge is 0.481 e. The first-order chi connectivity index (χ1) is 9.76. The molecule has 1 amide bonds. The zero-order valence-electron chi connectivity index (χ0n) is 11.3. The highest BCUT2D eigenvalue weighted by atomic mass is 16.5. The number of hydrogen-bond donors (Lipinski definition) is 0. The van der Waals surface area contributed by atoms with Crippen molar-refractivity contribution in [3.63, 3.8) is 0 Å². The van der Waals surface area contributed by atoms with E-state index in [2.05, 4.69) is 11.6 Å². The van der Waals surface area contributed by atoms with Crippen LogP contribution in [0.1, 0.15) is 10.5 Å². The second-order valence-electron chi connectivity index (χ2n) is 4.11. The molecule has 0 aliphatic heterocycles. The van der Waals surface area contributed by atoms with Gasteiger partial charge >= 0.3 is 0 Å². The van der Waals surface area contributed by atoms with Crippen molar-refractivity contribution in [3.8, 4) is 5.88 Å². The monoisotopic (exact) mass is 268 g/mol. The molecule has 0 unspecified atom stereocenters. The molecule has 102 valence electrons. The van der Waals surface area contributed by atoms with E-state index in [-0.39, 0.29) is 5.91 Å². The lowest BCUT2D eigenvalue weighted by atomic mass is 10.2. The third-order valence-corrected chi connectivity index (χ3v) is 2.78. The van der Waals surface area contributed by atoms with Crippen LogP contribution in [0.3, 0.4) is 0 Å². The van der Waals surface area contributed by atoms with Crippen LogP contribution in [0.4, 0.5) is 5.69 Å². The summed E-state index contributed by atoms with van der Waals surface area (Å²) < 4.78 is 5.05. The number of hydrogen-bond acceptors (Lipinski definition) is 3. The van der Waals surface area contributed by atoms with Gasteiger partial charge in [0.2, 0.25) is 5.88 Å².